The molecule has 2 aliphatic heterocycles. The number of amides is 2. The lowest BCUT2D eigenvalue weighted by Gasteiger charge is -2.30. The number of nitrogens with one attached hydrogen (secondary N) is 2. The minimum atomic E-state index is -3.07. The van der Waals surface area contributed by atoms with Crippen molar-refractivity contribution in [2.45, 2.75) is 24.9 Å². The fourth-order valence-corrected chi connectivity index (χ4v) is 4.22. The van der Waals surface area contributed by atoms with Crippen LogP contribution in [0.15, 0.2) is 0 Å². The molecule has 9 heteroatoms. The van der Waals surface area contributed by atoms with E-state index in [0.717, 1.165) is 0 Å². The second-order valence-electron chi connectivity index (χ2n) is 5.03. The molecule has 2 atom stereocenters. The van der Waals surface area contributed by atoms with Gasteiger partial charge in [0.25, 0.3) is 0 Å². The van der Waals surface area contributed by atoms with Gasteiger partial charge in [-0.1, -0.05) is 0 Å². The highest BCUT2D eigenvalue weighted by atomic mass is 32.2. The van der Waals surface area contributed by atoms with Gasteiger partial charge >= 0.3 is 0 Å². The first-order valence-corrected chi connectivity index (χ1v) is 8.29. The first-order valence-electron chi connectivity index (χ1n) is 6.47. The average Bonchev–Trinajstić information content (AvgIpc) is 2.96. The molecule has 2 aliphatic rings. The average molecular weight is 305 g/mol. The molecule has 2 rings (SSSR count). The molecule has 2 unspecified atom stereocenters. The lowest BCUT2D eigenvalue weighted by Crippen LogP contribution is -2.51. The summed E-state index contributed by atoms with van der Waals surface area (Å²) in [5, 5.41) is 0. The largest absolute Gasteiger partial charge is 0.383 e. The van der Waals surface area contributed by atoms with E-state index in [1.54, 1.807) is 0 Å². The first-order chi connectivity index (χ1) is 9.43. The van der Waals surface area contributed by atoms with E-state index in [-0.39, 0.29) is 35.8 Å². The van der Waals surface area contributed by atoms with Crippen molar-refractivity contribution in [3.63, 3.8) is 0 Å². The van der Waals surface area contributed by atoms with Gasteiger partial charge in [-0.25, -0.2) is 13.8 Å². The molecule has 2 fully saturated rings. The van der Waals surface area contributed by atoms with E-state index in [0.29, 0.717) is 19.6 Å². The molecule has 0 bridgehead atoms. The third-order valence-corrected chi connectivity index (χ3v) is 5.29. The van der Waals surface area contributed by atoms with Crippen LogP contribution >= 0.6 is 0 Å². The molecule has 0 aromatic carbocycles. The minimum absolute atomic E-state index is 0.0173. The second kappa shape index (κ2) is 6.06. The van der Waals surface area contributed by atoms with E-state index >= 15 is 0 Å². The quantitative estimate of drug-likeness (QED) is 0.611. The summed E-state index contributed by atoms with van der Waals surface area (Å²) in [6, 6.07) is -0.970. The summed E-state index contributed by atoms with van der Waals surface area (Å²) >= 11 is 0. The summed E-state index contributed by atoms with van der Waals surface area (Å²) in [6.45, 7) is 0.651. The van der Waals surface area contributed by atoms with Gasteiger partial charge in [0.1, 0.15) is 6.04 Å². The fourth-order valence-electron chi connectivity index (χ4n) is 2.49. The van der Waals surface area contributed by atoms with Crippen molar-refractivity contribution < 1.29 is 22.7 Å². The van der Waals surface area contributed by atoms with Crippen molar-refractivity contribution >= 4 is 21.7 Å². The SMILES string of the molecule is COCCN(C(=O)C1CC(=O)NN1)C1CCS(=O)(=O)C1. The Morgan fingerprint density at radius 2 is 2.25 bits per heavy atom. The lowest BCUT2D eigenvalue weighted by molar-refractivity contribution is -0.136. The molecule has 2 heterocycles. The van der Waals surface area contributed by atoms with Crippen molar-refractivity contribution in [3.05, 3.63) is 0 Å². The number of nitrogens with zero attached hydrogens (tertiary/aromatic N) is 1. The molecule has 0 saturated carbocycles. The van der Waals surface area contributed by atoms with Crippen LogP contribution < -0.4 is 10.9 Å². The standard InChI is InChI=1S/C11H19N3O5S/c1-19-4-3-14(8-2-5-20(17,18)7-8)11(16)9-6-10(15)13-12-9/h8-9,12H,2-7H2,1H3,(H,13,15). The van der Waals surface area contributed by atoms with Crippen LogP contribution in [0.1, 0.15) is 12.8 Å². The number of sulfone groups is 1. The number of carbonyl (C=O) groups is 2. The van der Waals surface area contributed by atoms with Gasteiger partial charge in [0.15, 0.2) is 9.84 Å². The fraction of sp³-hybridized carbons (Fsp3) is 0.818. The van der Waals surface area contributed by atoms with Crippen LogP contribution in [0.4, 0.5) is 0 Å². The van der Waals surface area contributed by atoms with E-state index < -0.39 is 15.9 Å². The van der Waals surface area contributed by atoms with Crippen LogP contribution in [0, 0.1) is 0 Å². The van der Waals surface area contributed by atoms with Gasteiger partial charge in [-0.2, -0.15) is 0 Å². The van der Waals surface area contributed by atoms with Crippen LogP contribution in [0.3, 0.4) is 0 Å². The van der Waals surface area contributed by atoms with E-state index in [9.17, 15) is 18.0 Å². The minimum Gasteiger partial charge on any atom is -0.383 e. The van der Waals surface area contributed by atoms with Crippen molar-refractivity contribution in [1.29, 1.82) is 0 Å². The van der Waals surface area contributed by atoms with Gasteiger partial charge in [-0.3, -0.25) is 15.0 Å². The van der Waals surface area contributed by atoms with E-state index in [4.69, 9.17) is 4.74 Å². The number of hydrazine groups is 1. The van der Waals surface area contributed by atoms with Crippen molar-refractivity contribution in [2.24, 2.45) is 0 Å². The van der Waals surface area contributed by atoms with Crippen LogP contribution in [0.2, 0.25) is 0 Å². The Labute approximate surface area is 117 Å². The maximum absolute atomic E-state index is 12.4. The molecule has 2 N–H and O–H groups in total. The highest BCUT2D eigenvalue weighted by molar-refractivity contribution is 7.91. The van der Waals surface area contributed by atoms with Crippen molar-refractivity contribution in [2.75, 3.05) is 31.8 Å². The molecular weight excluding hydrogens is 286 g/mol. The first kappa shape index (κ1) is 15.2. The Balaban J connectivity index is 2.07. The summed E-state index contributed by atoms with van der Waals surface area (Å²) in [7, 11) is -1.55. The van der Waals surface area contributed by atoms with Gasteiger partial charge in [-0.15, -0.1) is 0 Å². The maximum Gasteiger partial charge on any atom is 0.242 e. The molecule has 0 spiro atoms. The molecule has 2 saturated heterocycles. The second-order valence-corrected chi connectivity index (χ2v) is 7.26. The normalized spacial score (nSPS) is 28.4. The zero-order chi connectivity index (χ0) is 14.8. The van der Waals surface area contributed by atoms with Crippen LogP contribution in [0.5, 0.6) is 0 Å². The lowest BCUT2D eigenvalue weighted by atomic mass is 10.1. The topological polar surface area (TPSA) is 105 Å². The maximum atomic E-state index is 12.4. The molecule has 20 heavy (non-hydrogen) atoms. The molecule has 8 nitrogen and oxygen atoms in total. The summed E-state index contributed by atoms with van der Waals surface area (Å²) in [5.41, 5.74) is 5.01. The predicted molar refractivity (Wildman–Crippen MR) is 70.3 cm³/mol. The van der Waals surface area contributed by atoms with Gasteiger partial charge < -0.3 is 9.64 Å². The molecule has 2 amide bonds. The smallest absolute Gasteiger partial charge is 0.242 e. The molecule has 0 aromatic heterocycles. The summed E-state index contributed by atoms with van der Waals surface area (Å²) in [5.74, 6) is -0.420. The highest BCUT2D eigenvalue weighted by Crippen LogP contribution is 2.19. The summed E-state index contributed by atoms with van der Waals surface area (Å²) < 4.78 is 28.1. The van der Waals surface area contributed by atoms with Crippen molar-refractivity contribution in [3.8, 4) is 0 Å². The zero-order valence-electron chi connectivity index (χ0n) is 11.3. The van der Waals surface area contributed by atoms with Crippen LogP contribution in [0.25, 0.3) is 0 Å². The predicted octanol–water partition coefficient (Wildman–Crippen LogP) is -1.96. The zero-order valence-corrected chi connectivity index (χ0v) is 12.1. The molecule has 114 valence electrons. The number of carbonyl (C=O) groups excluding carboxylic acids is 2. The van der Waals surface area contributed by atoms with E-state index in [2.05, 4.69) is 10.9 Å². The van der Waals surface area contributed by atoms with Gasteiger partial charge in [-0.05, 0) is 6.42 Å². The molecular formula is C11H19N3O5S. The van der Waals surface area contributed by atoms with Crippen LogP contribution in [-0.2, 0) is 24.2 Å². The Morgan fingerprint density at radius 3 is 2.75 bits per heavy atom. The summed E-state index contributed by atoms with van der Waals surface area (Å²) in [4.78, 5) is 25.1. The van der Waals surface area contributed by atoms with E-state index in [1.165, 1.54) is 12.0 Å². The Morgan fingerprint density at radius 1 is 1.50 bits per heavy atom. The monoisotopic (exact) mass is 305 g/mol. The number of methoxy groups -OCH3 is 1. The molecule has 0 aromatic rings. The summed E-state index contributed by atoms with van der Waals surface area (Å²) in [6.07, 6.45) is 0.508. The Bertz CT molecular complexity index is 492. The Kier molecular flexibility index (Phi) is 4.61. The molecule has 0 radical (unpaired) electrons. The third kappa shape index (κ3) is 3.47. The van der Waals surface area contributed by atoms with Gasteiger partial charge in [0.05, 0.1) is 24.5 Å². The highest BCUT2D eigenvalue weighted by Gasteiger charge is 2.38. The van der Waals surface area contributed by atoms with Crippen LogP contribution in [-0.4, -0.2) is 69.0 Å². The van der Waals surface area contributed by atoms with Gasteiger partial charge in [0.2, 0.25) is 11.8 Å². The number of rotatable bonds is 5. The number of hydrogen-bond donors (Lipinski definition) is 2. The van der Waals surface area contributed by atoms with Gasteiger partial charge in [0, 0.05) is 19.7 Å². The Hall–Kier alpha value is -1.19. The molecule has 0 aliphatic carbocycles. The van der Waals surface area contributed by atoms with Crippen molar-refractivity contribution in [1.82, 2.24) is 15.8 Å². The number of hydrogen-bond acceptors (Lipinski definition) is 6. The third-order valence-electron chi connectivity index (χ3n) is 3.54. The van der Waals surface area contributed by atoms with E-state index in [1.807, 2.05) is 0 Å². The number of ether oxygens (including phenoxy) is 1.